The van der Waals surface area contributed by atoms with Crippen molar-refractivity contribution in [3.8, 4) is 0 Å². The summed E-state index contributed by atoms with van der Waals surface area (Å²) in [6, 6.07) is 18.5. The van der Waals surface area contributed by atoms with Gasteiger partial charge < -0.3 is 0 Å². The van der Waals surface area contributed by atoms with Crippen molar-refractivity contribution < 1.29 is 0 Å². The van der Waals surface area contributed by atoms with Crippen molar-refractivity contribution in [3.05, 3.63) is 84.5 Å². The fourth-order valence-electron chi connectivity index (χ4n) is 3.73. The lowest BCUT2D eigenvalue weighted by molar-refractivity contribution is 0.608. The number of allylic oxidation sites excluding steroid dienone is 1. The largest absolute Gasteiger partial charge is 0.264 e. The van der Waals surface area contributed by atoms with Crippen LogP contribution in [0, 0.1) is 0 Å². The summed E-state index contributed by atoms with van der Waals surface area (Å²) in [4.78, 5) is 16.6. The maximum atomic E-state index is 5.03. The van der Waals surface area contributed by atoms with Gasteiger partial charge in [0.25, 0.3) is 0 Å². The molecule has 0 saturated heterocycles. The third-order valence-electron chi connectivity index (χ3n) is 4.83. The minimum atomic E-state index is -0.591. The molecule has 2 aromatic rings. The van der Waals surface area contributed by atoms with Crippen LogP contribution in [-0.2, 0) is 5.54 Å². The Labute approximate surface area is 146 Å². The lowest BCUT2D eigenvalue weighted by Gasteiger charge is -2.34. The van der Waals surface area contributed by atoms with E-state index in [1.165, 1.54) is 0 Å². The molecule has 25 heavy (non-hydrogen) atoms. The van der Waals surface area contributed by atoms with Gasteiger partial charge >= 0.3 is 0 Å². The van der Waals surface area contributed by atoms with Gasteiger partial charge in [0, 0.05) is 18.2 Å². The lowest BCUT2D eigenvalue weighted by Crippen LogP contribution is -2.41. The second kappa shape index (κ2) is 5.11. The molecule has 2 aromatic carbocycles. The number of hydrogen-bond donors (Lipinski definition) is 0. The monoisotopic (exact) mass is 324 g/mol. The van der Waals surface area contributed by atoms with Crippen LogP contribution in [0.1, 0.15) is 17.5 Å². The molecule has 0 saturated carbocycles. The molecule has 0 bridgehead atoms. The molecule has 120 valence electrons. The summed E-state index contributed by atoms with van der Waals surface area (Å²) in [7, 11) is 0. The van der Waals surface area contributed by atoms with Crippen molar-refractivity contribution in [2.45, 2.75) is 12.0 Å². The van der Waals surface area contributed by atoms with E-state index in [4.69, 9.17) is 9.98 Å². The van der Waals surface area contributed by atoms with Crippen LogP contribution in [0.25, 0.3) is 5.70 Å². The van der Waals surface area contributed by atoms with Crippen molar-refractivity contribution in [1.29, 1.82) is 0 Å². The molecule has 0 spiro atoms. The van der Waals surface area contributed by atoms with Gasteiger partial charge in [-0.15, -0.1) is 6.58 Å². The number of guanidine groups is 1. The first-order valence-corrected chi connectivity index (χ1v) is 8.33. The molecule has 3 aliphatic rings. The Kier molecular flexibility index (Phi) is 2.88. The number of amidine groups is 1. The van der Waals surface area contributed by atoms with E-state index in [0.717, 1.165) is 28.3 Å². The highest BCUT2D eigenvalue weighted by Gasteiger charge is 2.50. The number of hydrogen-bond acceptors (Lipinski definition) is 4. The summed E-state index contributed by atoms with van der Waals surface area (Å²) in [6.07, 6.45) is 6.42. The summed E-state index contributed by atoms with van der Waals surface area (Å²) < 4.78 is 0. The first-order valence-electron chi connectivity index (χ1n) is 8.33. The van der Waals surface area contributed by atoms with Gasteiger partial charge in [-0.25, -0.2) is 15.0 Å². The Morgan fingerprint density at radius 3 is 2.68 bits per heavy atom. The van der Waals surface area contributed by atoms with E-state index in [9.17, 15) is 0 Å². The molecule has 4 heteroatoms. The van der Waals surface area contributed by atoms with Crippen molar-refractivity contribution in [2.24, 2.45) is 15.0 Å². The van der Waals surface area contributed by atoms with Crippen molar-refractivity contribution in [2.75, 3.05) is 0 Å². The van der Waals surface area contributed by atoms with Crippen LogP contribution in [0.2, 0.25) is 0 Å². The van der Waals surface area contributed by atoms with E-state index in [2.05, 4.69) is 34.7 Å². The van der Waals surface area contributed by atoms with Gasteiger partial charge in [0.15, 0.2) is 5.54 Å². The Hall–Kier alpha value is -3.27. The molecule has 0 N–H and O–H groups in total. The van der Waals surface area contributed by atoms with Gasteiger partial charge in [-0.2, -0.15) is 0 Å². The first-order chi connectivity index (χ1) is 12.3. The molecular formula is C21H16N4. The van der Waals surface area contributed by atoms with E-state index >= 15 is 0 Å². The molecule has 0 aromatic heterocycles. The Morgan fingerprint density at radius 2 is 1.84 bits per heavy atom. The number of nitrogens with zero attached hydrogens (tertiary/aromatic N) is 4. The van der Waals surface area contributed by atoms with Crippen LogP contribution in [0.4, 0.5) is 5.69 Å². The van der Waals surface area contributed by atoms with Crippen LogP contribution < -0.4 is 0 Å². The summed E-state index contributed by atoms with van der Waals surface area (Å²) in [6.45, 7) is 3.97. The summed E-state index contributed by atoms with van der Waals surface area (Å²) in [5, 5.41) is 0. The van der Waals surface area contributed by atoms with E-state index < -0.39 is 5.54 Å². The minimum Gasteiger partial charge on any atom is -0.264 e. The Bertz CT molecular complexity index is 998. The van der Waals surface area contributed by atoms with E-state index in [1.807, 2.05) is 54.8 Å². The molecule has 0 aliphatic carbocycles. The van der Waals surface area contributed by atoms with Gasteiger partial charge in [-0.05, 0) is 17.7 Å². The number of fused-ring (bicyclic) bond motifs is 2. The minimum absolute atomic E-state index is 0.591. The highest BCUT2D eigenvalue weighted by molar-refractivity contribution is 6.23. The molecule has 0 fully saturated rings. The molecule has 3 heterocycles. The zero-order valence-electron chi connectivity index (χ0n) is 13.6. The topological polar surface area (TPSA) is 40.3 Å². The van der Waals surface area contributed by atoms with Crippen molar-refractivity contribution in [1.82, 2.24) is 4.90 Å². The maximum Gasteiger partial charge on any atom is 0.232 e. The Morgan fingerprint density at radius 1 is 1.04 bits per heavy atom. The molecule has 4 nitrogen and oxygen atoms in total. The third-order valence-corrected chi connectivity index (χ3v) is 4.83. The zero-order valence-corrected chi connectivity index (χ0v) is 13.6. The quantitative estimate of drug-likeness (QED) is 0.776. The summed E-state index contributed by atoms with van der Waals surface area (Å²) in [5.41, 5.74) is 3.66. The predicted octanol–water partition coefficient (Wildman–Crippen LogP) is 4.30. The first kappa shape index (κ1) is 14.1. The molecule has 1 atom stereocenters. The van der Waals surface area contributed by atoms with Gasteiger partial charge in [0.1, 0.15) is 5.84 Å². The summed E-state index contributed by atoms with van der Waals surface area (Å²) in [5.74, 6) is 1.59. The average Bonchev–Trinajstić information content (AvgIpc) is 2.99. The van der Waals surface area contributed by atoms with Gasteiger partial charge in [0.2, 0.25) is 5.96 Å². The molecule has 5 rings (SSSR count). The van der Waals surface area contributed by atoms with Gasteiger partial charge in [-0.1, -0.05) is 54.6 Å². The highest BCUT2D eigenvalue weighted by atomic mass is 15.4. The van der Waals surface area contributed by atoms with Crippen LogP contribution in [0.5, 0.6) is 0 Å². The number of rotatable bonds is 3. The second-order valence-corrected chi connectivity index (χ2v) is 6.25. The normalized spacial score (nSPS) is 22.6. The van der Waals surface area contributed by atoms with E-state index in [1.54, 1.807) is 0 Å². The van der Waals surface area contributed by atoms with Gasteiger partial charge in [0.05, 0.1) is 11.4 Å². The van der Waals surface area contributed by atoms with Crippen molar-refractivity contribution in [3.63, 3.8) is 0 Å². The third kappa shape index (κ3) is 1.85. The average molecular weight is 324 g/mol. The SMILES string of the molecule is C=CCC1(c2ccccc2)N=C2N=CC=C3c4ccccc4N=C1N32. The molecule has 1 unspecified atom stereocenters. The van der Waals surface area contributed by atoms with Crippen LogP contribution >= 0.6 is 0 Å². The van der Waals surface area contributed by atoms with Gasteiger partial charge in [-0.3, -0.25) is 4.90 Å². The fourth-order valence-corrected chi connectivity index (χ4v) is 3.73. The zero-order chi connectivity index (χ0) is 16.9. The van der Waals surface area contributed by atoms with E-state index in [0.29, 0.717) is 12.4 Å². The Balaban J connectivity index is 1.83. The second-order valence-electron chi connectivity index (χ2n) is 6.25. The van der Waals surface area contributed by atoms with E-state index in [-0.39, 0.29) is 0 Å². The van der Waals surface area contributed by atoms with Crippen LogP contribution in [0.3, 0.4) is 0 Å². The smallest absolute Gasteiger partial charge is 0.232 e. The van der Waals surface area contributed by atoms with Crippen LogP contribution in [-0.4, -0.2) is 22.9 Å². The molecule has 3 aliphatic heterocycles. The number of aliphatic imine (C=N–C) groups is 3. The maximum absolute atomic E-state index is 5.03. The number of para-hydroxylation sites is 1. The highest BCUT2D eigenvalue weighted by Crippen LogP contribution is 2.47. The summed E-state index contributed by atoms with van der Waals surface area (Å²) >= 11 is 0. The van der Waals surface area contributed by atoms with Crippen LogP contribution in [0.15, 0.2) is 88.3 Å². The lowest BCUT2D eigenvalue weighted by atomic mass is 9.85. The standard InChI is InChI=1S/C21H16N4/c1-2-13-21(15-8-4-3-5-9-15)19-23-17-11-7-6-10-16(17)18-12-14-22-20(24-21)25(18)19/h2-12,14H,1,13H2. The predicted molar refractivity (Wildman–Crippen MR) is 102 cm³/mol. The fraction of sp³-hybridized carbons (Fsp3) is 0.0952. The number of benzene rings is 2. The molecular weight excluding hydrogens is 308 g/mol. The van der Waals surface area contributed by atoms with Crippen molar-refractivity contribution >= 4 is 29.4 Å². The molecule has 0 amide bonds. The molecule has 0 radical (unpaired) electrons.